The number of aryl methyl sites for hydroxylation is 2. The van der Waals surface area contributed by atoms with Crippen LogP contribution in [-0.4, -0.2) is 9.13 Å². The molecule has 0 amide bonds. The maximum atomic E-state index is 2.34. The molecule has 0 atom stereocenters. The number of fused-ring (bicyclic) bond motifs is 6. The Hall–Kier alpha value is -3.53. The van der Waals surface area contributed by atoms with Gasteiger partial charge < -0.3 is 33.9 Å². The Bertz CT molecular complexity index is 1890. The van der Waals surface area contributed by atoms with Gasteiger partial charge in [0.1, 0.15) is 0 Å². The fourth-order valence-corrected chi connectivity index (χ4v) is 5.84. The van der Waals surface area contributed by atoms with Crippen LogP contribution < -0.4 is 24.8 Å². The number of hydrogen-bond acceptors (Lipinski definition) is 0. The van der Waals surface area contributed by atoms with E-state index in [4.69, 9.17) is 0 Å². The Balaban J connectivity index is 0.000000176. The van der Waals surface area contributed by atoms with Crippen molar-refractivity contribution in [2.24, 2.45) is 0 Å². The minimum atomic E-state index is 0. The molecular formula is C36H28Cl2N2Ti. The van der Waals surface area contributed by atoms with E-state index in [1.165, 1.54) is 66.1 Å². The minimum absolute atomic E-state index is 0. The molecule has 0 spiro atoms. The van der Waals surface area contributed by atoms with Crippen molar-refractivity contribution in [3.8, 4) is 11.4 Å². The standard InChI is InChI=1S/2C18H14N.2ClH.Ti/c2*1-13-11-16-15-9-5-6-10-17(15)19(18(16)12-13)14-7-3-2-4-8-14;;;/h2*2-12H,1H3;2*1H;/q2*-1;;;+4/p-2. The fraction of sp³-hybridized carbons (Fsp3) is 0.0556. The number of para-hydroxylation sites is 4. The van der Waals surface area contributed by atoms with Crippen LogP contribution in [0.4, 0.5) is 0 Å². The molecule has 0 aliphatic carbocycles. The summed E-state index contributed by atoms with van der Waals surface area (Å²) < 4.78 is 4.69. The third-order valence-corrected chi connectivity index (χ3v) is 7.41. The summed E-state index contributed by atoms with van der Waals surface area (Å²) in [4.78, 5) is 0. The van der Waals surface area contributed by atoms with Crippen molar-refractivity contribution in [2.45, 2.75) is 13.8 Å². The van der Waals surface area contributed by atoms with Crippen LogP contribution in [0, 0.1) is 13.8 Å². The number of hydrogen-bond donors (Lipinski definition) is 0. The van der Waals surface area contributed by atoms with Gasteiger partial charge in [0.05, 0.1) is 0 Å². The van der Waals surface area contributed by atoms with E-state index in [0.29, 0.717) is 0 Å². The Morgan fingerprint density at radius 3 is 1.17 bits per heavy atom. The van der Waals surface area contributed by atoms with E-state index in [-0.39, 0.29) is 46.5 Å². The molecular weight excluding hydrogens is 579 g/mol. The average molecular weight is 607 g/mol. The normalized spacial score (nSPS) is 10.6. The number of benzene rings is 4. The molecule has 0 bridgehead atoms. The van der Waals surface area contributed by atoms with Crippen LogP contribution in [0.1, 0.15) is 11.1 Å². The van der Waals surface area contributed by atoms with E-state index >= 15 is 0 Å². The summed E-state index contributed by atoms with van der Waals surface area (Å²) in [5.74, 6) is 0. The second kappa shape index (κ2) is 12.6. The van der Waals surface area contributed by atoms with Gasteiger partial charge in [0, 0.05) is 22.4 Å². The molecule has 0 saturated carbocycles. The van der Waals surface area contributed by atoms with Crippen LogP contribution >= 0.6 is 0 Å². The van der Waals surface area contributed by atoms with Gasteiger partial charge in [-0.2, -0.15) is 0 Å². The van der Waals surface area contributed by atoms with Crippen molar-refractivity contribution >= 4 is 43.6 Å². The minimum Gasteiger partial charge on any atom is -1.00 e. The van der Waals surface area contributed by atoms with Crippen molar-refractivity contribution < 1.29 is 46.5 Å². The first kappa shape index (κ1) is 30.4. The first-order valence-corrected chi connectivity index (χ1v) is 13.1. The Morgan fingerprint density at radius 2 is 0.780 bits per heavy atom. The van der Waals surface area contributed by atoms with E-state index in [1.807, 2.05) is 0 Å². The molecule has 6 aromatic carbocycles. The summed E-state index contributed by atoms with van der Waals surface area (Å²) in [6.45, 7) is 4.31. The first-order valence-electron chi connectivity index (χ1n) is 13.1. The van der Waals surface area contributed by atoms with Gasteiger partial charge in [-0.15, -0.1) is 46.2 Å². The number of aromatic nitrogens is 2. The molecule has 0 fully saturated rings. The Morgan fingerprint density at radius 1 is 0.439 bits per heavy atom. The maximum absolute atomic E-state index is 2.34. The smallest absolute Gasteiger partial charge is 1.00 e. The van der Waals surface area contributed by atoms with E-state index < -0.39 is 0 Å². The van der Waals surface area contributed by atoms with Crippen LogP contribution in [0.25, 0.3) is 55.0 Å². The van der Waals surface area contributed by atoms with Gasteiger partial charge in [-0.1, -0.05) is 108 Å². The number of rotatable bonds is 2. The topological polar surface area (TPSA) is 9.86 Å². The Labute approximate surface area is 267 Å². The summed E-state index contributed by atoms with van der Waals surface area (Å²) >= 11 is 0. The largest absolute Gasteiger partial charge is 4.00 e. The third kappa shape index (κ3) is 5.30. The SMILES string of the molecule is Cc1cc2c([cH-]1)c1ccccc1n2-c1ccccc1.Cc1cc2c([cH-]1)c1ccccc1n2-c1ccccc1.[Cl-].[Cl-].[Ti+4]. The van der Waals surface area contributed by atoms with Crippen molar-refractivity contribution in [1.29, 1.82) is 0 Å². The van der Waals surface area contributed by atoms with Crippen LogP contribution in [-0.2, 0) is 21.7 Å². The second-order valence-electron chi connectivity index (χ2n) is 10.0. The van der Waals surface area contributed by atoms with Crippen LogP contribution in [0.2, 0.25) is 0 Å². The van der Waals surface area contributed by atoms with Gasteiger partial charge in [-0.05, 0) is 36.4 Å². The zero-order valence-corrected chi connectivity index (χ0v) is 25.9. The average Bonchev–Trinajstić information content (AvgIpc) is 3.67. The monoisotopic (exact) mass is 606 g/mol. The van der Waals surface area contributed by atoms with Gasteiger partial charge in [0.25, 0.3) is 0 Å². The molecule has 0 unspecified atom stereocenters. The first-order chi connectivity index (χ1) is 18.7. The molecule has 0 aliphatic heterocycles. The zero-order chi connectivity index (χ0) is 25.6. The predicted molar refractivity (Wildman–Crippen MR) is 162 cm³/mol. The van der Waals surface area contributed by atoms with E-state index in [2.05, 4.69) is 156 Å². The van der Waals surface area contributed by atoms with Crippen LogP contribution in [0.5, 0.6) is 0 Å². The van der Waals surface area contributed by atoms with E-state index in [0.717, 1.165) is 0 Å². The summed E-state index contributed by atoms with van der Waals surface area (Å²) in [6.07, 6.45) is 0. The van der Waals surface area contributed by atoms with Crippen LogP contribution in [0.3, 0.4) is 0 Å². The molecule has 0 radical (unpaired) electrons. The second-order valence-corrected chi connectivity index (χ2v) is 10.0. The summed E-state index contributed by atoms with van der Waals surface area (Å²) in [7, 11) is 0. The van der Waals surface area contributed by atoms with E-state index in [9.17, 15) is 0 Å². The molecule has 2 heterocycles. The molecule has 8 rings (SSSR count). The van der Waals surface area contributed by atoms with Gasteiger partial charge in [-0.3, -0.25) is 0 Å². The zero-order valence-electron chi connectivity index (χ0n) is 22.9. The summed E-state index contributed by atoms with van der Waals surface area (Å²) in [5.41, 5.74) is 10.2. The van der Waals surface area contributed by atoms with Crippen molar-refractivity contribution in [3.63, 3.8) is 0 Å². The van der Waals surface area contributed by atoms with Crippen LogP contribution in [0.15, 0.2) is 133 Å². The Kier molecular flexibility index (Phi) is 9.32. The molecule has 41 heavy (non-hydrogen) atoms. The number of halogens is 2. The third-order valence-electron chi connectivity index (χ3n) is 7.41. The molecule has 2 aromatic heterocycles. The molecule has 200 valence electrons. The fourth-order valence-electron chi connectivity index (χ4n) is 5.84. The van der Waals surface area contributed by atoms with Crippen molar-refractivity contribution in [2.75, 3.05) is 0 Å². The molecule has 0 saturated heterocycles. The molecule has 0 N–H and O–H groups in total. The maximum Gasteiger partial charge on any atom is 4.00 e. The van der Waals surface area contributed by atoms with Crippen molar-refractivity contribution in [1.82, 2.24) is 9.13 Å². The van der Waals surface area contributed by atoms with Gasteiger partial charge >= 0.3 is 21.7 Å². The predicted octanol–water partition coefficient (Wildman–Crippen LogP) is 3.63. The number of nitrogens with zero attached hydrogens (tertiary/aromatic N) is 2. The van der Waals surface area contributed by atoms with Gasteiger partial charge in [-0.25, -0.2) is 0 Å². The molecule has 0 aliphatic rings. The van der Waals surface area contributed by atoms with Crippen molar-refractivity contribution in [3.05, 3.63) is 145 Å². The molecule has 5 heteroatoms. The summed E-state index contributed by atoms with van der Waals surface area (Å²) in [5, 5.41) is 5.35. The molecule has 2 nitrogen and oxygen atoms in total. The molecule has 8 aromatic rings. The van der Waals surface area contributed by atoms with E-state index in [1.54, 1.807) is 0 Å². The summed E-state index contributed by atoms with van der Waals surface area (Å²) in [6, 6.07) is 47.4. The quantitative estimate of drug-likeness (QED) is 0.210. The van der Waals surface area contributed by atoms with Gasteiger partial charge in [0.2, 0.25) is 0 Å². The van der Waals surface area contributed by atoms with Gasteiger partial charge in [0.15, 0.2) is 0 Å².